The second-order valence-corrected chi connectivity index (χ2v) is 15.1. The Morgan fingerprint density at radius 1 is 0.660 bits per heavy atom. The number of amides is 2. The van der Waals surface area contributed by atoms with E-state index in [4.69, 9.17) is 28.4 Å². The highest BCUT2D eigenvalue weighted by atomic mass is 79.9. The lowest BCUT2D eigenvalue weighted by molar-refractivity contribution is 0.0265. The molecule has 50 heavy (non-hydrogen) atoms. The van der Waals surface area contributed by atoms with Gasteiger partial charge in [0.1, 0.15) is 47.8 Å². The number of imidazole rings is 2. The molecular weight excluding hydrogens is 780 g/mol. The van der Waals surface area contributed by atoms with Crippen LogP contribution in [0.4, 0.5) is 9.59 Å². The number of benzene rings is 2. The molecule has 0 aliphatic carbocycles. The fraction of sp³-hybridized carbons (Fsp3) is 0.529. The molecule has 2 aromatic carbocycles. The van der Waals surface area contributed by atoms with Gasteiger partial charge in [-0.25, -0.2) is 19.6 Å². The minimum absolute atomic E-state index is 0.298. The van der Waals surface area contributed by atoms with Crippen molar-refractivity contribution in [3.63, 3.8) is 0 Å². The number of carbonyl (C=O) groups excluding carboxylic acids is 2. The van der Waals surface area contributed by atoms with E-state index in [2.05, 4.69) is 41.8 Å². The van der Waals surface area contributed by atoms with Crippen molar-refractivity contribution >= 4 is 66.1 Å². The molecule has 0 fully saturated rings. The highest BCUT2D eigenvalue weighted by Crippen LogP contribution is 2.32. The lowest BCUT2D eigenvalue weighted by Crippen LogP contribution is -2.34. The molecule has 2 aromatic heterocycles. The normalized spacial score (nSPS) is 11.6. The molecule has 0 saturated heterocycles. The number of carbonyl (C=O) groups is 2. The molecule has 0 aliphatic heterocycles. The topological polar surface area (TPSA) is 132 Å². The van der Waals surface area contributed by atoms with E-state index in [1.54, 1.807) is 42.5 Å². The zero-order valence-corrected chi connectivity index (χ0v) is 34.0. The van der Waals surface area contributed by atoms with Crippen LogP contribution in [0.2, 0.25) is 0 Å². The second kappa shape index (κ2) is 17.1. The molecule has 0 N–H and O–H groups in total. The molecule has 0 spiro atoms. The summed E-state index contributed by atoms with van der Waals surface area (Å²) in [5.41, 5.74) is 2.23. The largest absolute Gasteiger partial charge is 0.495 e. The monoisotopic (exact) mass is 826 g/mol. The van der Waals surface area contributed by atoms with Gasteiger partial charge in [0, 0.05) is 40.4 Å². The van der Waals surface area contributed by atoms with Crippen molar-refractivity contribution in [2.24, 2.45) is 0 Å². The number of hydrogen-bond donors (Lipinski definition) is 0. The average Bonchev–Trinajstić information content (AvgIpc) is 3.50. The van der Waals surface area contributed by atoms with Crippen molar-refractivity contribution in [3.8, 4) is 11.5 Å². The first kappa shape index (κ1) is 40.8. The molecule has 2 amide bonds. The van der Waals surface area contributed by atoms with Gasteiger partial charge in [0.15, 0.2) is 0 Å². The number of rotatable bonds is 10. The Hall–Kier alpha value is -3.60. The highest BCUT2D eigenvalue weighted by Gasteiger charge is 2.24. The van der Waals surface area contributed by atoms with Gasteiger partial charge < -0.3 is 47.4 Å². The van der Waals surface area contributed by atoms with Crippen LogP contribution in [0, 0.1) is 0 Å². The van der Waals surface area contributed by atoms with Gasteiger partial charge in [0.05, 0.1) is 58.3 Å². The third kappa shape index (κ3) is 10.7. The molecule has 2 heterocycles. The van der Waals surface area contributed by atoms with Gasteiger partial charge >= 0.3 is 12.2 Å². The van der Waals surface area contributed by atoms with Crippen LogP contribution in [0.15, 0.2) is 33.2 Å². The molecule has 4 aromatic rings. The van der Waals surface area contributed by atoms with E-state index in [0.29, 0.717) is 49.7 Å². The SMILES string of the molecule is COCn1c(CN(C)C(=O)OC(C)(C)C)nc2cc(Br)c(OC)cc21.COCn1c(CN(C)C(=O)OC(C)(C)C)nc2cc(OC)c(Br)cc21. The first-order valence-electron chi connectivity index (χ1n) is 15.6. The molecular formula is C34H48Br2N6O8. The first-order chi connectivity index (χ1) is 23.3. The van der Waals surface area contributed by atoms with Crippen molar-refractivity contribution in [2.75, 3.05) is 42.5 Å². The van der Waals surface area contributed by atoms with E-state index >= 15 is 0 Å². The van der Waals surface area contributed by atoms with Gasteiger partial charge in [-0.3, -0.25) is 0 Å². The molecule has 276 valence electrons. The highest BCUT2D eigenvalue weighted by molar-refractivity contribution is 9.11. The van der Waals surface area contributed by atoms with Gasteiger partial charge in [-0.15, -0.1) is 0 Å². The van der Waals surface area contributed by atoms with Crippen molar-refractivity contribution in [3.05, 3.63) is 44.9 Å². The lowest BCUT2D eigenvalue weighted by Gasteiger charge is -2.24. The van der Waals surface area contributed by atoms with E-state index in [-0.39, 0.29) is 0 Å². The smallest absolute Gasteiger partial charge is 0.410 e. The number of nitrogens with zero attached hydrogens (tertiary/aromatic N) is 6. The zero-order chi connectivity index (χ0) is 37.6. The van der Waals surface area contributed by atoms with Crippen LogP contribution in [0.1, 0.15) is 53.2 Å². The molecule has 14 nitrogen and oxygen atoms in total. The third-order valence-corrected chi connectivity index (χ3v) is 8.13. The van der Waals surface area contributed by atoms with Gasteiger partial charge in [0.2, 0.25) is 0 Å². The summed E-state index contributed by atoms with van der Waals surface area (Å²) in [5, 5.41) is 0. The molecule has 0 atom stereocenters. The van der Waals surface area contributed by atoms with E-state index in [0.717, 1.165) is 31.0 Å². The van der Waals surface area contributed by atoms with Crippen molar-refractivity contribution in [2.45, 2.75) is 79.3 Å². The predicted molar refractivity (Wildman–Crippen MR) is 197 cm³/mol. The molecule has 0 unspecified atom stereocenters. The van der Waals surface area contributed by atoms with Crippen LogP contribution in [-0.4, -0.2) is 94.8 Å². The number of aromatic nitrogens is 4. The van der Waals surface area contributed by atoms with Crippen LogP contribution in [-0.2, 0) is 45.5 Å². The van der Waals surface area contributed by atoms with Gasteiger partial charge in [-0.1, -0.05) is 0 Å². The molecule has 0 saturated carbocycles. The van der Waals surface area contributed by atoms with E-state index in [1.807, 2.05) is 74.9 Å². The first-order valence-corrected chi connectivity index (χ1v) is 17.2. The second-order valence-electron chi connectivity index (χ2n) is 13.4. The Kier molecular flexibility index (Phi) is 13.9. The Morgan fingerprint density at radius 2 is 1.04 bits per heavy atom. The number of halogens is 2. The summed E-state index contributed by atoms with van der Waals surface area (Å²) in [7, 11) is 9.81. The summed E-state index contributed by atoms with van der Waals surface area (Å²) in [6.45, 7) is 12.3. The summed E-state index contributed by atoms with van der Waals surface area (Å²) >= 11 is 6.96. The van der Waals surface area contributed by atoms with E-state index < -0.39 is 23.4 Å². The van der Waals surface area contributed by atoms with Gasteiger partial charge in [0.25, 0.3) is 0 Å². The quantitative estimate of drug-likeness (QED) is 0.158. The van der Waals surface area contributed by atoms with Gasteiger partial charge in [-0.2, -0.15) is 0 Å². The minimum Gasteiger partial charge on any atom is -0.495 e. The zero-order valence-electron chi connectivity index (χ0n) is 30.8. The summed E-state index contributed by atoms with van der Waals surface area (Å²) in [5.74, 6) is 2.80. The van der Waals surface area contributed by atoms with Crippen LogP contribution in [0.5, 0.6) is 11.5 Å². The molecule has 0 bridgehead atoms. The fourth-order valence-corrected chi connectivity index (χ4v) is 5.67. The summed E-state index contributed by atoms with van der Waals surface area (Å²) in [6.07, 6.45) is -0.801. The molecule has 0 radical (unpaired) electrons. The van der Waals surface area contributed by atoms with E-state index in [1.165, 1.54) is 9.80 Å². The van der Waals surface area contributed by atoms with Crippen LogP contribution < -0.4 is 9.47 Å². The molecule has 4 rings (SSSR count). The summed E-state index contributed by atoms with van der Waals surface area (Å²) in [4.78, 5) is 36.7. The molecule has 16 heteroatoms. The fourth-order valence-electron chi connectivity index (χ4n) is 4.69. The average molecular weight is 829 g/mol. The maximum absolute atomic E-state index is 12.2. The minimum atomic E-state index is -0.545. The number of fused-ring (bicyclic) bond motifs is 2. The summed E-state index contributed by atoms with van der Waals surface area (Å²) < 4.78 is 37.5. The van der Waals surface area contributed by atoms with Crippen LogP contribution in [0.25, 0.3) is 22.1 Å². The third-order valence-electron chi connectivity index (χ3n) is 6.89. The Morgan fingerprint density at radius 3 is 1.44 bits per heavy atom. The van der Waals surface area contributed by atoms with E-state index in [9.17, 15) is 9.59 Å². The number of hydrogen-bond acceptors (Lipinski definition) is 10. The summed E-state index contributed by atoms with van der Waals surface area (Å²) in [6, 6.07) is 7.55. The predicted octanol–water partition coefficient (Wildman–Crippen LogP) is 7.56. The van der Waals surface area contributed by atoms with Crippen LogP contribution >= 0.6 is 31.9 Å². The van der Waals surface area contributed by atoms with Crippen LogP contribution in [0.3, 0.4) is 0 Å². The lowest BCUT2D eigenvalue weighted by atomic mass is 10.2. The maximum atomic E-state index is 12.2. The van der Waals surface area contributed by atoms with Gasteiger partial charge in [-0.05, 0) is 85.5 Å². The Balaban J connectivity index is 0.000000270. The Bertz CT molecular complexity index is 1760. The molecule has 0 aliphatic rings. The Labute approximate surface area is 310 Å². The van der Waals surface area contributed by atoms with Crippen molar-refractivity contribution in [1.82, 2.24) is 28.9 Å². The number of ether oxygens (including phenoxy) is 6. The van der Waals surface area contributed by atoms with Crippen molar-refractivity contribution in [1.29, 1.82) is 0 Å². The maximum Gasteiger partial charge on any atom is 0.410 e. The number of methoxy groups -OCH3 is 4. The standard InChI is InChI=1S/2C17H24BrN3O4/c1-17(2,3)25-16(22)20(4)9-15-19-12-8-14(24-6)11(18)7-13(12)21(15)10-23-5;1-17(2,3)25-16(22)20(4)9-15-19-12-7-11(18)14(24-6)8-13(12)21(15)10-23-5/h2*7-8H,9-10H2,1-6H3. The van der Waals surface area contributed by atoms with Crippen molar-refractivity contribution < 1.29 is 38.0 Å².